The summed E-state index contributed by atoms with van der Waals surface area (Å²) in [6.07, 6.45) is 3.84. The van der Waals surface area contributed by atoms with Crippen LogP contribution in [0.2, 0.25) is 0 Å². The maximum Gasteiger partial charge on any atom is 0.321 e. The van der Waals surface area contributed by atoms with Crippen LogP contribution in [0.5, 0.6) is 0 Å². The van der Waals surface area contributed by atoms with E-state index in [1.165, 1.54) is 19.4 Å². The molecular formula is C11H20N2O4. The highest BCUT2D eigenvalue weighted by Crippen LogP contribution is 2.41. The largest absolute Gasteiger partial charge is 0.480 e. The van der Waals surface area contributed by atoms with Crippen molar-refractivity contribution in [1.29, 1.82) is 0 Å². The number of carboxylic acids is 2. The Morgan fingerprint density at radius 1 is 1.24 bits per heavy atom. The van der Waals surface area contributed by atoms with Gasteiger partial charge in [0.15, 0.2) is 5.41 Å². The van der Waals surface area contributed by atoms with Gasteiger partial charge in [0.05, 0.1) is 0 Å². The van der Waals surface area contributed by atoms with Gasteiger partial charge < -0.3 is 21.3 Å². The number of carbonyl (C=O) groups is 2. The van der Waals surface area contributed by atoms with Gasteiger partial charge in [0, 0.05) is 12.6 Å². The lowest BCUT2D eigenvalue weighted by Gasteiger charge is -2.32. The van der Waals surface area contributed by atoms with Crippen molar-refractivity contribution in [3.05, 3.63) is 0 Å². The lowest BCUT2D eigenvalue weighted by Crippen LogP contribution is -2.44. The van der Waals surface area contributed by atoms with Gasteiger partial charge in [0.25, 0.3) is 0 Å². The molecule has 1 heterocycles. The van der Waals surface area contributed by atoms with Gasteiger partial charge >= 0.3 is 11.9 Å². The lowest BCUT2D eigenvalue weighted by atomic mass is 9.69. The normalized spacial score (nSPS) is 25.4. The third-order valence-electron chi connectivity index (χ3n) is 3.47. The maximum absolute atomic E-state index is 10.4. The number of hydrogen-bond acceptors (Lipinski definition) is 4. The lowest BCUT2D eigenvalue weighted by molar-refractivity contribution is -0.171. The van der Waals surface area contributed by atoms with Crippen LogP contribution in [0.1, 0.15) is 32.1 Å². The first-order valence-electron chi connectivity index (χ1n) is 5.93. The van der Waals surface area contributed by atoms with E-state index in [2.05, 4.69) is 5.32 Å². The Balaban J connectivity index is 0.000000181. The van der Waals surface area contributed by atoms with Gasteiger partial charge in [-0.2, -0.15) is 0 Å². The second kappa shape index (κ2) is 5.97. The van der Waals surface area contributed by atoms with Crippen molar-refractivity contribution in [1.82, 2.24) is 5.32 Å². The molecular weight excluding hydrogens is 224 g/mol. The van der Waals surface area contributed by atoms with E-state index in [1.54, 1.807) is 0 Å². The van der Waals surface area contributed by atoms with Crippen molar-refractivity contribution in [3.8, 4) is 0 Å². The summed E-state index contributed by atoms with van der Waals surface area (Å²) in [6.45, 7) is 1.97. The third kappa shape index (κ3) is 3.17. The summed E-state index contributed by atoms with van der Waals surface area (Å²) < 4.78 is 0. The molecule has 2 fully saturated rings. The number of carboxylic acid groups (broad SMARTS) is 2. The fourth-order valence-electron chi connectivity index (χ4n) is 2.01. The fraction of sp³-hybridized carbons (Fsp3) is 0.818. The second-order valence-electron chi connectivity index (χ2n) is 4.57. The molecule has 0 amide bonds. The van der Waals surface area contributed by atoms with Crippen molar-refractivity contribution in [2.24, 2.45) is 11.1 Å². The Morgan fingerprint density at radius 2 is 1.82 bits per heavy atom. The van der Waals surface area contributed by atoms with Gasteiger partial charge in [-0.3, -0.25) is 9.59 Å². The van der Waals surface area contributed by atoms with Gasteiger partial charge in [-0.1, -0.05) is 0 Å². The van der Waals surface area contributed by atoms with Crippen molar-refractivity contribution < 1.29 is 19.8 Å². The van der Waals surface area contributed by atoms with E-state index in [9.17, 15) is 9.59 Å². The first-order chi connectivity index (χ1) is 8.03. The summed E-state index contributed by atoms with van der Waals surface area (Å²) in [6, 6.07) is 0.625. The Labute approximate surface area is 100 Å². The minimum absolute atomic E-state index is 0.275. The molecule has 2 rings (SSSR count). The molecule has 2 aliphatic rings. The van der Waals surface area contributed by atoms with Gasteiger partial charge in [0.1, 0.15) is 0 Å². The van der Waals surface area contributed by atoms with E-state index in [-0.39, 0.29) is 12.8 Å². The zero-order valence-corrected chi connectivity index (χ0v) is 9.82. The van der Waals surface area contributed by atoms with Crippen LogP contribution in [0, 0.1) is 5.41 Å². The molecule has 0 spiro atoms. The van der Waals surface area contributed by atoms with E-state index in [4.69, 9.17) is 15.9 Å². The molecule has 0 aromatic rings. The molecule has 1 saturated heterocycles. The topological polar surface area (TPSA) is 113 Å². The van der Waals surface area contributed by atoms with Crippen LogP contribution in [0.4, 0.5) is 0 Å². The van der Waals surface area contributed by atoms with Crippen LogP contribution in [-0.2, 0) is 9.59 Å². The summed E-state index contributed by atoms with van der Waals surface area (Å²) in [4.78, 5) is 20.7. The first-order valence-corrected chi connectivity index (χ1v) is 5.93. The molecule has 6 nitrogen and oxygen atoms in total. The molecule has 17 heavy (non-hydrogen) atoms. The van der Waals surface area contributed by atoms with Crippen molar-refractivity contribution in [2.75, 3.05) is 13.1 Å². The molecule has 5 N–H and O–H groups in total. The summed E-state index contributed by atoms with van der Waals surface area (Å²) >= 11 is 0. The number of rotatable bonds is 3. The predicted molar refractivity (Wildman–Crippen MR) is 61.6 cm³/mol. The third-order valence-corrected chi connectivity index (χ3v) is 3.47. The number of aliphatic carboxylic acids is 2. The van der Waals surface area contributed by atoms with Crippen molar-refractivity contribution in [3.63, 3.8) is 0 Å². The van der Waals surface area contributed by atoms with E-state index in [0.29, 0.717) is 12.5 Å². The average molecular weight is 244 g/mol. The van der Waals surface area contributed by atoms with Crippen LogP contribution in [-0.4, -0.2) is 41.3 Å². The van der Waals surface area contributed by atoms with Gasteiger partial charge in [-0.25, -0.2) is 0 Å². The monoisotopic (exact) mass is 244 g/mol. The molecule has 6 heteroatoms. The summed E-state index contributed by atoms with van der Waals surface area (Å²) in [5.74, 6) is -2.41. The maximum atomic E-state index is 10.4. The molecule has 0 unspecified atom stereocenters. The minimum Gasteiger partial charge on any atom is -0.480 e. The molecule has 1 aliphatic carbocycles. The average Bonchev–Trinajstić information content (AvgIpc) is 2.67. The van der Waals surface area contributed by atoms with Crippen LogP contribution >= 0.6 is 0 Å². The van der Waals surface area contributed by atoms with E-state index in [1.807, 2.05) is 0 Å². The smallest absolute Gasteiger partial charge is 0.321 e. The van der Waals surface area contributed by atoms with E-state index >= 15 is 0 Å². The highest BCUT2D eigenvalue weighted by Gasteiger charge is 2.51. The highest BCUT2D eigenvalue weighted by molar-refractivity contribution is 5.99. The fourth-order valence-corrected chi connectivity index (χ4v) is 2.01. The molecule has 0 aromatic carbocycles. The number of hydrogen-bond donors (Lipinski definition) is 4. The Bertz CT molecular complexity index is 267. The molecule has 0 aromatic heterocycles. The van der Waals surface area contributed by atoms with Crippen LogP contribution < -0.4 is 11.1 Å². The summed E-state index contributed by atoms with van der Waals surface area (Å²) in [7, 11) is 0. The number of nitrogens with one attached hydrogen (secondary N) is 1. The Morgan fingerprint density at radius 3 is 1.94 bits per heavy atom. The molecule has 1 aliphatic heterocycles. The van der Waals surface area contributed by atoms with Crippen LogP contribution in [0.15, 0.2) is 0 Å². The van der Waals surface area contributed by atoms with Gasteiger partial charge in [-0.15, -0.1) is 0 Å². The summed E-state index contributed by atoms with van der Waals surface area (Å²) in [5.41, 5.74) is 3.93. The standard InChI is InChI=1S/C6H8O4.C5H12N2/c7-4(8)6(5(9)10)2-1-3-6;6-4-5-2-1-3-7-5/h1-3H2,(H,7,8)(H,9,10);5,7H,1-4,6H2/t;5-/m.1/s1. The molecule has 1 saturated carbocycles. The van der Waals surface area contributed by atoms with Crippen molar-refractivity contribution >= 4 is 11.9 Å². The Hall–Kier alpha value is -1.14. The Kier molecular flexibility index (Phi) is 4.89. The molecule has 98 valence electrons. The van der Waals surface area contributed by atoms with Gasteiger partial charge in [0.2, 0.25) is 0 Å². The zero-order valence-electron chi connectivity index (χ0n) is 9.82. The first kappa shape index (κ1) is 13.9. The van der Waals surface area contributed by atoms with Gasteiger partial charge in [-0.05, 0) is 38.6 Å². The van der Waals surface area contributed by atoms with Crippen molar-refractivity contribution in [2.45, 2.75) is 38.1 Å². The second-order valence-corrected chi connectivity index (χ2v) is 4.57. The van der Waals surface area contributed by atoms with E-state index in [0.717, 1.165) is 6.54 Å². The van der Waals surface area contributed by atoms with E-state index < -0.39 is 17.4 Å². The highest BCUT2D eigenvalue weighted by atomic mass is 16.4. The summed E-state index contributed by atoms with van der Waals surface area (Å²) in [5, 5.41) is 20.2. The molecule has 0 radical (unpaired) electrons. The zero-order chi connectivity index (χ0) is 12.9. The SMILES string of the molecule is NC[C@H]1CCCN1.O=C(O)C1(C(=O)O)CCC1. The molecule has 1 atom stereocenters. The quantitative estimate of drug-likeness (QED) is 0.521. The predicted octanol–water partition coefficient (Wildman–Crippen LogP) is 0.0230. The molecule has 0 bridgehead atoms. The number of nitrogens with two attached hydrogens (primary N) is 1. The minimum atomic E-state index is -1.44. The van der Waals surface area contributed by atoms with Crippen LogP contribution in [0.3, 0.4) is 0 Å². The van der Waals surface area contributed by atoms with Crippen LogP contribution in [0.25, 0.3) is 0 Å².